The first-order valence-corrected chi connectivity index (χ1v) is 8.88. The molecular formula is C16H9ClN2O6S2. The van der Waals surface area contributed by atoms with Gasteiger partial charge in [0.05, 0.1) is 14.9 Å². The number of furan rings is 1. The maximum atomic E-state index is 12.3. The third kappa shape index (κ3) is 4.02. The number of amides is 1. The molecule has 2 heterocycles. The highest BCUT2D eigenvalue weighted by atomic mass is 35.5. The van der Waals surface area contributed by atoms with Crippen molar-refractivity contribution < 1.29 is 24.0 Å². The van der Waals surface area contributed by atoms with Gasteiger partial charge in [0.2, 0.25) is 0 Å². The second kappa shape index (κ2) is 7.51. The van der Waals surface area contributed by atoms with Gasteiger partial charge in [-0.1, -0.05) is 35.6 Å². The highest BCUT2D eigenvalue weighted by Crippen LogP contribution is 2.35. The van der Waals surface area contributed by atoms with Gasteiger partial charge in [-0.2, -0.15) is 0 Å². The molecule has 1 aliphatic heterocycles. The maximum absolute atomic E-state index is 12.3. The van der Waals surface area contributed by atoms with Crippen LogP contribution < -0.4 is 0 Å². The van der Waals surface area contributed by atoms with Gasteiger partial charge in [-0.25, -0.2) is 0 Å². The molecule has 3 rings (SSSR count). The van der Waals surface area contributed by atoms with Crippen molar-refractivity contribution in [1.29, 1.82) is 0 Å². The van der Waals surface area contributed by atoms with E-state index in [9.17, 15) is 19.7 Å². The Bertz CT molecular complexity index is 1020. The maximum Gasteiger partial charge on any atom is 0.323 e. The number of nitro groups is 1. The van der Waals surface area contributed by atoms with Crippen LogP contribution in [0.15, 0.2) is 39.7 Å². The van der Waals surface area contributed by atoms with Crippen LogP contribution in [0, 0.1) is 10.1 Å². The summed E-state index contributed by atoms with van der Waals surface area (Å²) in [4.78, 5) is 34.7. The van der Waals surface area contributed by atoms with Gasteiger partial charge in [0.25, 0.3) is 11.6 Å². The summed E-state index contributed by atoms with van der Waals surface area (Å²) < 4.78 is 5.76. The first kappa shape index (κ1) is 19.1. The highest BCUT2D eigenvalue weighted by molar-refractivity contribution is 8.26. The summed E-state index contributed by atoms with van der Waals surface area (Å²) in [7, 11) is 0. The van der Waals surface area contributed by atoms with Crippen molar-refractivity contribution in [2.45, 2.75) is 0 Å². The van der Waals surface area contributed by atoms with Crippen LogP contribution in [0.2, 0.25) is 5.02 Å². The number of thioether (sulfide) groups is 1. The molecule has 1 aromatic heterocycles. The number of nitro benzene ring substituents is 1. The van der Waals surface area contributed by atoms with E-state index < -0.39 is 23.3 Å². The molecule has 1 N–H and O–H groups in total. The van der Waals surface area contributed by atoms with E-state index in [1.165, 1.54) is 24.3 Å². The van der Waals surface area contributed by atoms with E-state index in [0.717, 1.165) is 16.7 Å². The lowest BCUT2D eigenvalue weighted by Gasteiger charge is -2.09. The lowest BCUT2D eigenvalue weighted by atomic mass is 10.1. The number of thiocarbonyl (C=S) groups is 1. The number of hydrogen-bond donors (Lipinski definition) is 1. The number of carboxylic acids is 1. The van der Waals surface area contributed by atoms with Gasteiger partial charge >= 0.3 is 5.97 Å². The van der Waals surface area contributed by atoms with Gasteiger partial charge in [0.15, 0.2) is 0 Å². The Morgan fingerprint density at radius 1 is 1.41 bits per heavy atom. The number of nitrogens with zero attached hydrogens (tertiary/aromatic N) is 2. The molecule has 1 amide bonds. The van der Waals surface area contributed by atoms with Crippen LogP contribution in [0.1, 0.15) is 5.76 Å². The lowest BCUT2D eigenvalue weighted by Crippen LogP contribution is -2.33. The van der Waals surface area contributed by atoms with E-state index in [0.29, 0.717) is 11.3 Å². The molecular weight excluding hydrogens is 416 g/mol. The van der Waals surface area contributed by atoms with Gasteiger partial charge in [0, 0.05) is 23.8 Å². The molecule has 1 aromatic carbocycles. The topological polar surface area (TPSA) is 114 Å². The molecule has 11 heteroatoms. The summed E-state index contributed by atoms with van der Waals surface area (Å²) in [6.45, 7) is -0.519. The summed E-state index contributed by atoms with van der Waals surface area (Å²) >= 11 is 12.1. The van der Waals surface area contributed by atoms with Crippen LogP contribution in [0.5, 0.6) is 0 Å². The van der Waals surface area contributed by atoms with Crippen molar-refractivity contribution in [2.75, 3.05) is 6.54 Å². The standard InChI is InChI=1S/C16H9ClN2O6S2/c17-11-3-1-8(19(23)24)5-10(11)12-4-2-9(25-12)6-13-15(22)18(7-14(20)21)16(26)27-13/h1-6H,7H2,(H,20,21)/b13-6+. The Kier molecular flexibility index (Phi) is 5.31. The van der Waals surface area contributed by atoms with E-state index in [2.05, 4.69) is 0 Å². The monoisotopic (exact) mass is 424 g/mol. The van der Waals surface area contributed by atoms with Crippen LogP contribution in [0.3, 0.4) is 0 Å². The van der Waals surface area contributed by atoms with Crippen LogP contribution in [-0.4, -0.2) is 37.7 Å². The second-order valence-electron chi connectivity index (χ2n) is 5.28. The second-order valence-corrected chi connectivity index (χ2v) is 7.37. The Labute approximate surface area is 166 Å². The molecule has 0 unspecified atom stereocenters. The summed E-state index contributed by atoms with van der Waals surface area (Å²) in [5.74, 6) is -1.12. The molecule has 138 valence electrons. The van der Waals surface area contributed by atoms with Crippen molar-refractivity contribution in [1.82, 2.24) is 4.90 Å². The SMILES string of the molecule is O=C(O)CN1C(=O)/C(=C\c2ccc(-c3cc([N+](=O)[O-])ccc3Cl)o2)SC1=S. The number of carboxylic acid groups (broad SMARTS) is 1. The molecule has 0 saturated carbocycles. The van der Waals surface area contributed by atoms with Gasteiger partial charge in [-0.15, -0.1) is 0 Å². The highest BCUT2D eigenvalue weighted by Gasteiger charge is 2.33. The smallest absolute Gasteiger partial charge is 0.323 e. The zero-order valence-corrected chi connectivity index (χ0v) is 15.6. The number of carbonyl (C=O) groups excluding carboxylic acids is 1. The third-order valence-corrected chi connectivity index (χ3v) is 5.20. The van der Waals surface area contributed by atoms with Crippen LogP contribution >= 0.6 is 35.6 Å². The van der Waals surface area contributed by atoms with E-state index in [1.807, 2.05) is 0 Å². The Balaban J connectivity index is 1.89. The normalized spacial score (nSPS) is 15.6. The predicted molar refractivity (Wildman–Crippen MR) is 103 cm³/mol. The van der Waals surface area contributed by atoms with Crippen molar-refractivity contribution >= 4 is 63.5 Å². The molecule has 0 atom stereocenters. The predicted octanol–water partition coefficient (Wildman–Crippen LogP) is 3.79. The molecule has 0 bridgehead atoms. The molecule has 2 aromatic rings. The first-order chi connectivity index (χ1) is 12.8. The Morgan fingerprint density at radius 2 is 2.15 bits per heavy atom. The van der Waals surface area contributed by atoms with Crippen LogP contribution in [0.25, 0.3) is 17.4 Å². The number of hydrogen-bond acceptors (Lipinski definition) is 7. The number of benzene rings is 1. The number of halogens is 1. The van der Waals surface area contributed by atoms with E-state index >= 15 is 0 Å². The summed E-state index contributed by atoms with van der Waals surface area (Å²) in [6, 6.07) is 7.10. The summed E-state index contributed by atoms with van der Waals surface area (Å²) in [5, 5.41) is 20.0. The minimum Gasteiger partial charge on any atom is -0.480 e. The van der Waals surface area contributed by atoms with Crippen molar-refractivity contribution in [3.8, 4) is 11.3 Å². The minimum atomic E-state index is -1.17. The third-order valence-electron chi connectivity index (χ3n) is 3.49. The van der Waals surface area contributed by atoms with Crippen molar-refractivity contribution in [3.05, 3.63) is 56.1 Å². The van der Waals surface area contributed by atoms with Gasteiger partial charge < -0.3 is 9.52 Å². The number of non-ortho nitro benzene ring substituents is 1. The largest absolute Gasteiger partial charge is 0.480 e. The molecule has 27 heavy (non-hydrogen) atoms. The van der Waals surface area contributed by atoms with Crippen LogP contribution in [0.4, 0.5) is 5.69 Å². The fourth-order valence-corrected chi connectivity index (χ4v) is 3.74. The first-order valence-electron chi connectivity index (χ1n) is 7.27. The number of carbonyl (C=O) groups is 2. The molecule has 0 aliphatic carbocycles. The molecule has 1 fully saturated rings. The minimum absolute atomic E-state index is 0.137. The van der Waals surface area contributed by atoms with E-state index in [4.69, 9.17) is 33.3 Å². The van der Waals surface area contributed by atoms with Gasteiger partial charge in [0.1, 0.15) is 22.4 Å². The van der Waals surface area contributed by atoms with Crippen molar-refractivity contribution in [3.63, 3.8) is 0 Å². The average molecular weight is 425 g/mol. The molecule has 1 saturated heterocycles. The van der Waals surface area contributed by atoms with E-state index in [-0.39, 0.29) is 25.7 Å². The summed E-state index contributed by atoms with van der Waals surface area (Å²) in [5.41, 5.74) is 0.200. The number of rotatable bonds is 5. The quantitative estimate of drug-likeness (QED) is 0.333. The average Bonchev–Trinajstić information content (AvgIpc) is 3.15. The number of aliphatic carboxylic acids is 1. The molecule has 0 spiro atoms. The van der Waals surface area contributed by atoms with Gasteiger partial charge in [-0.05, 0) is 18.2 Å². The Morgan fingerprint density at radius 3 is 2.81 bits per heavy atom. The zero-order valence-electron chi connectivity index (χ0n) is 13.2. The van der Waals surface area contributed by atoms with Crippen LogP contribution in [-0.2, 0) is 9.59 Å². The van der Waals surface area contributed by atoms with E-state index in [1.54, 1.807) is 12.1 Å². The van der Waals surface area contributed by atoms with Gasteiger partial charge in [-0.3, -0.25) is 24.6 Å². The Hall–Kier alpha value is -2.69. The van der Waals surface area contributed by atoms with Crippen molar-refractivity contribution in [2.24, 2.45) is 0 Å². The summed E-state index contributed by atoms with van der Waals surface area (Å²) in [6.07, 6.45) is 1.43. The fourth-order valence-electron chi connectivity index (χ4n) is 2.29. The zero-order chi connectivity index (χ0) is 19.7. The molecule has 1 aliphatic rings. The fraction of sp³-hybridized carbons (Fsp3) is 0.0625. The lowest BCUT2D eigenvalue weighted by molar-refractivity contribution is -0.384. The molecule has 0 radical (unpaired) electrons. The molecule has 8 nitrogen and oxygen atoms in total.